The number of hydrogen-bond acceptors (Lipinski definition) is 6. The quantitative estimate of drug-likeness (QED) is 0.287. The van der Waals surface area contributed by atoms with Crippen LogP contribution < -0.4 is 14.4 Å². The fourth-order valence-corrected chi connectivity index (χ4v) is 4.41. The van der Waals surface area contributed by atoms with Gasteiger partial charge in [0.25, 0.3) is 11.7 Å². The Morgan fingerprint density at radius 3 is 2.08 bits per heavy atom. The molecule has 1 saturated heterocycles. The summed E-state index contributed by atoms with van der Waals surface area (Å²) in [4.78, 5) is 28.0. The number of aliphatic hydroxyl groups is 1. The predicted molar refractivity (Wildman–Crippen MR) is 138 cm³/mol. The number of Topliss-reactive ketones (excluding diaryl/α,β-unsaturated/α-hetero) is 1. The Morgan fingerprint density at radius 1 is 0.889 bits per heavy atom. The summed E-state index contributed by atoms with van der Waals surface area (Å²) in [5, 5.41) is 21.3. The standard InChI is InChI=1S/C29H29NO6/c1-29(2,3)22-16-18(8-15-23(22)36-5)26(32)24-25(17-6-11-20(31)12-7-17)30(28(34)27(24)33)19-9-13-21(35-4)14-10-19/h6-16,25,31-32H,1-5H3/b26-24-. The first-order valence-electron chi connectivity index (χ1n) is 11.5. The highest BCUT2D eigenvalue weighted by Crippen LogP contribution is 2.43. The van der Waals surface area contributed by atoms with Gasteiger partial charge in [-0.1, -0.05) is 32.9 Å². The minimum absolute atomic E-state index is 0.0356. The molecule has 0 aliphatic carbocycles. The molecule has 7 nitrogen and oxygen atoms in total. The predicted octanol–water partition coefficient (Wildman–Crippen LogP) is 5.33. The number of hydrogen-bond donors (Lipinski definition) is 2. The number of ether oxygens (including phenoxy) is 2. The van der Waals surface area contributed by atoms with Crippen LogP contribution in [0.3, 0.4) is 0 Å². The minimum Gasteiger partial charge on any atom is -0.508 e. The molecule has 0 aromatic heterocycles. The first kappa shape index (κ1) is 24.9. The van der Waals surface area contributed by atoms with Crippen molar-refractivity contribution in [3.05, 3.63) is 89.0 Å². The molecule has 1 fully saturated rings. The molecule has 0 saturated carbocycles. The van der Waals surface area contributed by atoms with E-state index in [1.807, 2.05) is 20.8 Å². The van der Waals surface area contributed by atoms with Crippen molar-refractivity contribution in [1.82, 2.24) is 0 Å². The molecule has 1 atom stereocenters. The van der Waals surface area contributed by atoms with Gasteiger partial charge in [0.05, 0.1) is 25.8 Å². The number of ketones is 1. The Kier molecular flexibility index (Phi) is 6.50. The van der Waals surface area contributed by atoms with Gasteiger partial charge < -0.3 is 19.7 Å². The van der Waals surface area contributed by atoms with E-state index in [2.05, 4.69) is 0 Å². The third-order valence-corrected chi connectivity index (χ3v) is 6.28. The van der Waals surface area contributed by atoms with E-state index in [0.717, 1.165) is 5.56 Å². The zero-order valence-corrected chi connectivity index (χ0v) is 20.9. The first-order chi connectivity index (χ1) is 17.1. The van der Waals surface area contributed by atoms with Crippen LogP contribution in [0.1, 0.15) is 43.5 Å². The van der Waals surface area contributed by atoms with Crippen LogP contribution >= 0.6 is 0 Å². The second-order valence-corrected chi connectivity index (χ2v) is 9.62. The number of aromatic hydroxyl groups is 1. The molecule has 7 heteroatoms. The third-order valence-electron chi connectivity index (χ3n) is 6.28. The molecule has 36 heavy (non-hydrogen) atoms. The maximum Gasteiger partial charge on any atom is 0.300 e. The van der Waals surface area contributed by atoms with Gasteiger partial charge in [-0.25, -0.2) is 0 Å². The summed E-state index contributed by atoms with van der Waals surface area (Å²) in [5.74, 6) is -0.531. The van der Waals surface area contributed by atoms with Crippen LogP contribution in [0.25, 0.3) is 5.76 Å². The fourth-order valence-electron chi connectivity index (χ4n) is 4.41. The van der Waals surface area contributed by atoms with E-state index in [4.69, 9.17) is 9.47 Å². The van der Waals surface area contributed by atoms with Crippen LogP contribution in [0.2, 0.25) is 0 Å². The van der Waals surface area contributed by atoms with E-state index in [1.165, 1.54) is 17.0 Å². The average Bonchev–Trinajstić information content (AvgIpc) is 3.13. The van der Waals surface area contributed by atoms with Crippen molar-refractivity contribution in [2.75, 3.05) is 19.1 Å². The molecule has 3 aromatic carbocycles. The van der Waals surface area contributed by atoms with E-state index in [1.54, 1.807) is 68.8 Å². The molecule has 0 spiro atoms. The largest absolute Gasteiger partial charge is 0.508 e. The van der Waals surface area contributed by atoms with Gasteiger partial charge in [0.1, 0.15) is 23.0 Å². The van der Waals surface area contributed by atoms with Crippen LogP contribution in [-0.2, 0) is 15.0 Å². The number of carbonyl (C=O) groups is 2. The van der Waals surface area contributed by atoms with E-state index >= 15 is 0 Å². The normalized spacial score (nSPS) is 17.4. The molecular weight excluding hydrogens is 458 g/mol. The van der Waals surface area contributed by atoms with Gasteiger partial charge in [0, 0.05) is 16.8 Å². The average molecular weight is 488 g/mol. The second-order valence-electron chi connectivity index (χ2n) is 9.62. The van der Waals surface area contributed by atoms with Gasteiger partial charge in [-0.15, -0.1) is 0 Å². The van der Waals surface area contributed by atoms with Gasteiger partial charge >= 0.3 is 0 Å². The number of phenolic OH excluding ortho intramolecular Hbond substituents is 1. The summed E-state index contributed by atoms with van der Waals surface area (Å²) in [6.45, 7) is 6.06. The molecule has 186 valence electrons. The molecule has 1 aliphatic heterocycles. The number of benzene rings is 3. The third kappa shape index (κ3) is 4.40. The number of rotatable bonds is 5. The molecule has 0 bridgehead atoms. The van der Waals surface area contributed by atoms with Crippen molar-refractivity contribution < 1.29 is 29.3 Å². The second kappa shape index (κ2) is 9.41. The first-order valence-corrected chi connectivity index (χ1v) is 11.5. The lowest BCUT2D eigenvalue weighted by atomic mass is 9.84. The summed E-state index contributed by atoms with van der Waals surface area (Å²) in [7, 11) is 3.12. The number of amides is 1. The zero-order chi connectivity index (χ0) is 26.2. The summed E-state index contributed by atoms with van der Waals surface area (Å²) < 4.78 is 10.7. The minimum atomic E-state index is -0.904. The number of anilines is 1. The molecule has 1 aliphatic rings. The summed E-state index contributed by atoms with van der Waals surface area (Å²) >= 11 is 0. The lowest BCUT2D eigenvalue weighted by molar-refractivity contribution is -0.132. The molecule has 1 amide bonds. The van der Waals surface area contributed by atoms with Crippen molar-refractivity contribution in [3.63, 3.8) is 0 Å². The molecule has 1 heterocycles. The highest BCUT2D eigenvalue weighted by molar-refractivity contribution is 6.51. The Hall–Kier alpha value is -4.26. The highest BCUT2D eigenvalue weighted by atomic mass is 16.5. The Labute approximate surface area is 210 Å². The SMILES string of the molecule is COc1ccc(N2C(=O)C(=O)/C(=C(\O)c3ccc(OC)c(C(C)(C)C)c3)C2c2ccc(O)cc2)cc1. The van der Waals surface area contributed by atoms with Crippen molar-refractivity contribution in [3.8, 4) is 17.2 Å². The van der Waals surface area contributed by atoms with Crippen molar-refractivity contribution >= 4 is 23.1 Å². The van der Waals surface area contributed by atoms with Crippen LogP contribution in [0.4, 0.5) is 5.69 Å². The summed E-state index contributed by atoms with van der Waals surface area (Å²) in [5.41, 5.74) is 1.95. The van der Waals surface area contributed by atoms with Gasteiger partial charge in [-0.05, 0) is 65.6 Å². The monoisotopic (exact) mass is 487 g/mol. The highest BCUT2D eigenvalue weighted by Gasteiger charge is 2.47. The number of phenols is 1. The van der Waals surface area contributed by atoms with E-state index in [-0.39, 0.29) is 22.5 Å². The van der Waals surface area contributed by atoms with E-state index in [9.17, 15) is 19.8 Å². The van der Waals surface area contributed by atoms with Crippen molar-refractivity contribution in [1.29, 1.82) is 0 Å². The number of nitrogens with zero attached hydrogens (tertiary/aromatic N) is 1. The number of aliphatic hydroxyl groups excluding tert-OH is 1. The van der Waals surface area contributed by atoms with Gasteiger partial charge in [0.2, 0.25) is 0 Å². The molecule has 2 N–H and O–H groups in total. The fraction of sp³-hybridized carbons (Fsp3) is 0.241. The summed E-state index contributed by atoms with van der Waals surface area (Å²) in [6, 6.07) is 17.3. The van der Waals surface area contributed by atoms with Crippen molar-refractivity contribution in [2.24, 2.45) is 0 Å². The smallest absolute Gasteiger partial charge is 0.300 e. The van der Waals surface area contributed by atoms with Crippen molar-refractivity contribution in [2.45, 2.75) is 32.2 Å². The van der Waals surface area contributed by atoms with Gasteiger partial charge in [-0.2, -0.15) is 0 Å². The van der Waals surface area contributed by atoms with E-state index < -0.39 is 17.7 Å². The van der Waals surface area contributed by atoms with Gasteiger partial charge in [0.15, 0.2) is 0 Å². The Bertz CT molecular complexity index is 1330. The lowest BCUT2D eigenvalue weighted by Crippen LogP contribution is -2.29. The maximum atomic E-state index is 13.4. The lowest BCUT2D eigenvalue weighted by Gasteiger charge is -2.26. The van der Waals surface area contributed by atoms with Crippen LogP contribution in [0.5, 0.6) is 17.2 Å². The molecular formula is C29H29NO6. The molecule has 1 unspecified atom stereocenters. The molecule has 4 rings (SSSR count). The summed E-state index contributed by atoms with van der Waals surface area (Å²) in [6.07, 6.45) is 0. The maximum absolute atomic E-state index is 13.4. The Balaban J connectivity index is 1.94. The van der Waals surface area contributed by atoms with E-state index in [0.29, 0.717) is 28.3 Å². The topological polar surface area (TPSA) is 96.3 Å². The zero-order valence-electron chi connectivity index (χ0n) is 20.9. The van der Waals surface area contributed by atoms with Gasteiger partial charge in [-0.3, -0.25) is 14.5 Å². The molecule has 3 aromatic rings. The van der Waals surface area contributed by atoms with Crippen LogP contribution in [0, 0.1) is 0 Å². The molecule has 0 radical (unpaired) electrons. The number of carbonyl (C=O) groups excluding carboxylic acids is 2. The van der Waals surface area contributed by atoms with Crippen LogP contribution in [-0.4, -0.2) is 36.1 Å². The van der Waals surface area contributed by atoms with Crippen LogP contribution in [0.15, 0.2) is 72.3 Å². The Morgan fingerprint density at radius 2 is 1.53 bits per heavy atom. The number of methoxy groups -OCH3 is 2.